The van der Waals surface area contributed by atoms with Crippen molar-refractivity contribution in [1.29, 1.82) is 0 Å². The maximum absolute atomic E-state index is 10.0. The van der Waals surface area contributed by atoms with Crippen LogP contribution in [0.1, 0.15) is 5.69 Å². The van der Waals surface area contributed by atoms with Crippen molar-refractivity contribution < 1.29 is 9.90 Å². The molecule has 0 aromatic carbocycles. The van der Waals surface area contributed by atoms with Gasteiger partial charge in [0.15, 0.2) is 0 Å². The molecule has 0 atom stereocenters. The lowest BCUT2D eigenvalue weighted by Crippen LogP contribution is -1.98. The first kappa shape index (κ1) is 7.87. The normalized spacial score (nSPS) is 9.91. The molecule has 0 aliphatic carbocycles. The molecule has 0 aliphatic rings. The Morgan fingerprint density at radius 3 is 3.18 bits per heavy atom. The molecule has 5 nitrogen and oxygen atoms in total. The van der Waals surface area contributed by atoms with Gasteiger partial charge in [-0.3, -0.25) is 0 Å². The summed E-state index contributed by atoms with van der Waals surface area (Å²) in [6.45, 7) is 0.276. The van der Waals surface area contributed by atoms with Gasteiger partial charge in [0.2, 0.25) is 0 Å². The Morgan fingerprint density at radius 2 is 2.55 bits per heavy atom. The number of nitrogens with zero attached hydrogens (tertiary/aromatic N) is 3. The number of aromatic nitrogens is 3. The van der Waals surface area contributed by atoms with Gasteiger partial charge in [-0.25, -0.2) is 4.68 Å². The zero-order valence-electron chi connectivity index (χ0n) is 5.97. The highest BCUT2D eigenvalue weighted by Crippen LogP contribution is 1.92. The minimum atomic E-state index is 0.0553. The fourth-order valence-corrected chi connectivity index (χ4v) is 0.733. The molecule has 0 saturated carbocycles. The smallest absolute Gasteiger partial charge is 0.141 e. The zero-order chi connectivity index (χ0) is 8.10. The lowest BCUT2D eigenvalue weighted by atomic mass is 10.3. The van der Waals surface area contributed by atoms with E-state index in [-0.39, 0.29) is 13.2 Å². The number of carbonyl (C=O) groups excluding carboxylic acids is 1. The average molecular weight is 155 g/mol. The maximum atomic E-state index is 10.0. The molecule has 1 aromatic heterocycles. The number of hydrogen-bond acceptors (Lipinski definition) is 4. The van der Waals surface area contributed by atoms with Gasteiger partial charge in [0.1, 0.15) is 6.29 Å². The summed E-state index contributed by atoms with van der Waals surface area (Å²) in [7, 11) is 0. The summed E-state index contributed by atoms with van der Waals surface area (Å²) in [5, 5.41) is 15.9. The third kappa shape index (κ3) is 2.12. The molecule has 0 aliphatic heterocycles. The van der Waals surface area contributed by atoms with Crippen LogP contribution in [0.25, 0.3) is 0 Å². The summed E-state index contributed by atoms with van der Waals surface area (Å²) < 4.78 is 1.43. The van der Waals surface area contributed by atoms with E-state index in [1.165, 1.54) is 4.68 Å². The highest BCUT2D eigenvalue weighted by atomic mass is 16.3. The Labute approximate surface area is 63.6 Å². The van der Waals surface area contributed by atoms with E-state index in [0.717, 1.165) is 6.29 Å². The van der Waals surface area contributed by atoms with E-state index in [1.807, 2.05) is 0 Å². The van der Waals surface area contributed by atoms with E-state index in [2.05, 4.69) is 10.3 Å². The van der Waals surface area contributed by atoms with Gasteiger partial charge >= 0.3 is 0 Å². The molecule has 60 valence electrons. The van der Waals surface area contributed by atoms with Gasteiger partial charge in [-0.1, -0.05) is 5.21 Å². The molecular formula is C6H9N3O2. The minimum Gasteiger partial charge on any atom is -0.396 e. The highest BCUT2D eigenvalue weighted by Gasteiger charge is 1.97. The van der Waals surface area contributed by atoms with Crippen LogP contribution in [0.3, 0.4) is 0 Å². The second-order valence-electron chi connectivity index (χ2n) is 2.07. The third-order valence-electron chi connectivity index (χ3n) is 1.22. The van der Waals surface area contributed by atoms with E-state index < -0.39 is 0 Å². The van der Waals surface area contributed by atoms with Gasteiger partial charge in [-0.2, -0.15) is 0 Å². The number of hydrogen-bond donors (Lipinski definition) is 1. The van der Waals surface area contributed by atoms with E-state index in [1.54, 1.807) is 6.20 Å². The first-order chi connectivity index (χ1) is 5.36. The molecule has 5 heteroatoms. The van der Waals surface area contributed by atoms with Crippen LogP contribution in [-0.4, -0.2) is 33.0 Å². The maximum Gasteiger partial charge on any atom is 0.141 e. The van der Waals surface area contributed by atoms with Gasteiger partial charge in [0, 0.05) is 19.2 Å². The molecule has 0 saturated heterocycles. The summed E-state index contributed by atoms with van der Waals surface area (Å²) in [4.78, 5) is 10.0. The molecule has 1 aromatic rings. The fourth-order valence-electron chi connectivity index (χ4n) is 0.733. The Bertz CT molecular complexity index is 233. The van der Waals surface area contributed by atoms with Gasteiger partial charge < -0.3 is 9.90 Å². The van der Waals surface area contributed by atoms with Crippen molar-refractivity contribution in [3.8, 4) is 0 Å². The van der Waals surface area contributed by atoms with Crippen molar-refractivity contribution in [1.82, 2.24) is 15.0 Å². The molecule has 0 radical (unpaired) electrons. The van der Waals surface area contributed by atoms with E-state index in [9.17, 15) is 4.79 Å². The van der Waals surface area contributed by atoms with Crippen LogP contribution < -0.4 is 0 Å². The fraction of sp³-hybridized carbons (Fsp3) is 0.500. The van der Waals surface area contributed by atoms with Gasteiger partial charge in [-0.15, -0.1) is 5.10 Å². The molecule has 1 N–H and O–H groups in total. The summed E-state index contributed by atoms with van der Waals surface area (Å²) in [6.07, 6.45) is 2.88. The average Bonchev–Trinajstić information content (AvgIpc) is 2.38. The molecule has 11 heavy (non-hydrogen) atoms. The Morgan fingerprint density at radius 1 is 1.73 bits per heavy atom. The monoisotopic (exact) mass is 155 g/mol. The van der Waals surface area contributed by atoms with Crippen LogP contribution >= 0.6 is 0 Å². The zero-order valence-corrected chi connectivity index (χ0v) is 5.97. The van der Waals surface area contributed by atoms with Crippen molar-refractivity contribution in [3.05, 3.63) is 11.9 Å². The second-order valence-corrected chi connectivity index (χ2v) is 2.07. The van der Waals surface area contributed by atoms with Gasteiger partial charge in [0.25, 0.3) is 0 Å². The van der Waals surface area contributed by atoms with Crippen LogP contribution in [0.2, 0.25) is 0 Å². The van der Waals surface area contributed by atoms with E-state index in [0.29, 0.717) is 12.1 Å². The molecule has 0 unspecified atom stereocenters. The number of aliphatic hydroxyl groups is 1. The molecule has 1 heterocycles. The lowest BCUT2D eigenvalue weighted by molar-refractivity contribution is -0.108. The van der Waals surface area contributed by atoms with Crippen molar-refractivity contribution in [2.45, 2.75) is 13.0 Å². The molecule has 0 spiro atoms. The standard InChI is InChI=1S/C6H9N3O2/c10-3-1-6-5-9(2-4-11)8-7-6/h4-5,10H,1-3H2. The Balaban J connectivity index is 2.57. The SMILES string of the molecule is O=CCn1cc(CCO)nn1. The Kier molecular flexibility index (Phi) is 2.74. The van der Waals surface area contributed by atoms with Crippen molar-refractivity contribution in [2.75, 3.05) is 6.61 Å². The minimum absolute atomic E-state index is 0.0553. The molecular weight excluding hydrogens is 146 g/mol. The van der Waals surface area contributed by atoms with Crippen molar-refractivity contribution in [3.63, 3.8) is 0 Å². The highest BCUT2D eigenvalue weighted by molar-refractivity contribution is 5.48. The number of aldehydes is 1. The largest absolute Gasteiger partial charge is 0.396 e. The van der Waals surface area contributed by atoms with E-state index >= 15 is 0 Å². The van der Waals surface area contributed by atoms with Crippen LogP contribution in [-0.2, 0) is 17.8 Å². The van der Waals surface area contributed by atoms with Crippen molar-refractivity contribution >= 4 is 6.29 Å². The summed E-state index contributed by atoms with van der Waals surface area (Å²) >= 11 is 0. The number of rotatable bonds is 4. The quantitative estimate of drug-likeness (QED) is 0.567. The van der Waals surface area contributed by atoms with Crippen molar-refractivity contribution in [2.24, 2.45) is 0 Å². The number of aliphatic hydroxyl groups excluding tert-OH is 1. The van der Waals surface area contributed by atoms with Crippen LogP contribution in [0.5, 0.6) is 0 Å². The molecule has 0 bridgehead atoms. The lowest BCUT2D eigenvalue weighted by Gasteiger charge is -1.87. The Hall–Kier alpha value is -1.23. The topological polar surface area (TPSA) is 68.0 Å². The van der Waals surface area contributed by atoms with E-state index in [4.69, 9.17) is 5.11 Å². The molecule has 0 amide bonds. The van der Waals surface area contributed by atoms with Gasteiger partial charge in [0.05, 0.1) is 12.2 Å². The van der Waals surface area contributed by atoms with Gasteiger partial charge in [-0.05, 0) is 0 Å². The van der Waals surface area contributed by atoms with Crippen LogP contribution in [0.15, 0.2) is 6.20 Å². The summed E-state index contributed by atoms with van der Waals surface area (Å²) in [5.74, 6) is 0. The molecule has 1 rings (SSSR count). The first-order valence-corrected chi connectivity index (χ1v) is 3.30. The number of carbonyl (C=O) groups is 1. The summed E-state index contributed by atoms with van der Waals surface area (Å²) in [5.41, 5.74) is 0.703. The predicted octanol–water partition coefficient (Wildman–Crippen LogP) is -0.988. The second kappa shape index (κ2) is 3.82. The molecule has 0 fully saturated rings. The third-order valence-corrected chi connectivity index (χ3v) is 1.22. The van der Waals surface area contributed by atoms with Crippen LogP contribution in [0.4, 0.5) is 0 Å². The summed E-state index contributed by atoms with van der Waals surface area (Å²) in [6, 6.07) is 0. The predicted molar refractivity (Wildman–Crippen MR) is 36.9 cm³/mol. The first-order valence-electron chi connectivity index (χ1n) is 3.30. The van der Waals surface area contributed by atoms with Crippen LogP contribution in [0, 0.1) is 0 Å².